The third kappa shape index (κ3) is 11.4. The molecular weight excluding hydrogens is 447 g/mol. The van der Waals surface area contributed by atoms with E-state index in [0.29, 0.717) is 32.8 Å². The van der Waals surface area contributed by atoms with Gasteiger partial charge in [-0.25, -0.2) is 0 Å². The lowest BCUT2D eigenvalue weighted by Crippen LogP contribution is -2.44. The largest absolute Gasteiger partial charge is 0.314 e. The highest BCUT2D eigenvalue weighted by molar-refractivity contribution is 14.1. The van der Waals surface area contributed by atoms with E-state index >= 15 is 0 Å². The number of hydrogen-bond acceptors (Lipinski definition) is 6. The molecule has 0 N–H and O–H groups in total. The van der Waals surface area contributed by atoms with Crippen LogP contribution in [0.25, 0.3) is 0 Å². The van der Waals surface area contributed by atoms with Gasteiger partial charge < -0.3 is 3.07 Å². The lowest BCUT2D eigenvalue weighted by atomic mass is 10.1. The molecule has 0 aliphatic carbocycles. The molecule has 7 heteroatoms. The average molecular weight is 482 g/mol. The highest BCUT2D eigenvalue weighted by atomic mass is 127. The van der Waals surface area contributed by atoms with Crippen molar-refractivity contribution in [2.45, 2.75) is 41.5 Å². The summed E-state index contributed by atoms with van der Waals surface area (Å²) in [6, 6.07) is 0. The lowest BCUT2D eigenvalue weighted by molar-refractivity contribution is -0.127. The van der Waals surface area contributed by atoms with Crippen molar-refractivity contribution >= 4 is 40.4 Å². The van der Waals surface area contributed by atoms with Gasteiger partial charge in [0.05, 0.1) is 26.2 Å². The van der Waals surface area contributed by atoms with Crippen LogP contribution in [-0.4, -0.2) is 73.0 Å². The number of carbonyl (C=O) groups excluding carboxylic acids is 3. The normalized spacial score (nSPS) is 12.0. The van der Waals surface area contributed by atoms with Crippen LogP contribution in [0.3, 0.4) is 0 Å². The Hall–Kier alpha value is -0.380. The molecule has 0 radical (unpaired) electrons. The molecule has 152 valence electrons. The van der Waals surface area contributed by atoms with Crippen LogP contribution in [0.2, 0.25) is 0 Å². The molecule has 0 rings (SSSR count). The highest BCUT2D eigenvalue weighted by Crippen LogP contribution is 2.04. The van der Waals surface area contributed by atoms with Gasteiger partial charge in [0.15, 0.2) is 0 Å². The van der Waals surface area contributed by atoms with E-state index in [1.807, 2.05) is 74.3 Å². The predicted molar refractivity (Wildman–Crippen MR) is 112 cm³/mol. The molecule has 0 aromatic heterocycles. The Balaban J connectivity index is 4.91. The summed E-state index contributed by atoms with van der Waals surface area (Å²) in [5.74, 6) is 0.306. The molecular formula is C19H35IN2O4. The van der Waals surface area contributed by atoms with Gasteiger partial charge in [-0.2, -0.15) is 0 Å². The van der Waals surface area contributed by atoms with Crippen LogP contribution >= 0.6 is 23.0 Å². The minimum Gasteiger partial charge on any atom is -0.314 e. The number of ketones is 3. The van der Waals surface area contributed by atoms with Crippen molar-refractivity contribution in [1.82, 2.24) is 9.80 Å². The van der Waals surface area contributed by atoms with Crippen LogP contribution in [0.15, 0.2) is 0 Å². The highest BCUT2D eigenvalue weighted by Gasteiger charge is 2.20. The summed E-state index contributed by atoms with van der Waals surface area (Å²) in [7, 11) is 0. The molecule has 26 heavy (non-hydrogen) atoms. The monoisotopic (exact) mass is 482 g/mol. The van der Waals surface area contributed by atoms with Gasteiger partial charge >= 0.3 is 0 Å². The Kier molecular flexibility index (Phi) is 13.5. The Morgan fingerprint density at radius 1 is 0.692 bits per heavy atom. The van der Waals surface area contributed by atoms with Crippen molar-refractivity contribution in [2.24, 2.45) is 17.8 Å². The standard InChI is InChI=1S/C19H35IN2O4/c1-14(2)17(23)11-21(9-10-26-20)7-8-22(12-18(24)15(3)4)13-19(25)16(5)6/h14-16H,7-13H2,1-6H3. The number of halogens is 1. The molecule has 0 heterocycles. The first-order chi connectivity index (χ1) is 12.1. The summed E-state index contributed by atoms with van der Waals surface area (Å²) in [6.07, 6.45) is 0. The molecule has 0 aromatic carbocycles. The Morgan fingerprint density at radius 2 is 1.04 bits per heavy atom. The van der Waals surface area contributed by atoms with Gasteiger partial charge in [0.25, 0.3) is 0 Å². The van der Waals surface area contributed by atoms with Gasteiger partial charge in [-0.05, 0) is 0 Å². The van der Waals surface area contributed by atoms with Crippen LogP contribution in [0, 0.1) is 17.8 Å². The average Bonchev–Trinajstić information content (AvgIpc) is 2.56. The van der Waals surface area contributed by atoms with E-state index in [-0.39, 0.29) is 48.2 Å². The van der Waals surface area contributed by atoms with Crippen molar-refractivity contribution in [3.8, 4) is 0 Å². The maximum atomic E-state index is 12.1. The minimum atomic E-state index is -0.0577. The quantitative estimate of drug-likeness (QED) is 0.335. The summed E-state index contributed by atoms with van der Waals surface area (Å²) in [5.41, 5.74) is 0. The molecule has 0 bridgehead atoms. The fourth-order valence-corrected chi connectivity index (χ4v) is 2.34. The molecule has 0 saturated carbocycles. The minimum absolute atomic E-state index is 0.0147. The summed E-state index contributed by atoms with van der Waals surface area (Å²) in [5, 5.41) is 0. The molecule has 0 amide bonds. The first kappa shape index (κ1) is 25.6. The van der Waals surface area contributed by atoms with Crippen LogP contribution in [0.1, 0.15) is 41.5 Å². The molecule has 0 atom stereocenters. The third-order valence-electron chi connectivity index (χ3n) is 4.29. The van der Waals surface area contributed by atoms with Gasteiger partial charge in [0.1, 0.15) is 40.4 Å². The van der Waals surface area contributed by atoms with E-state index < -0.39 is 0 Å². The molecule has 0 saturated heterocycles. The number of Topliss-reactive ketones (excluding diaryl/α,β-unsaturated/α-hetero) is 3. The van der Waals surface area contributed by atoms with Gasteiger partial charge in [-0.15, -0.1) is 0 Å². The second-order valence-electron chi connectivity index (χ2n) is 7.66. The van der Waals surface area contributed by atoms with Crippen molar-refractivity contribution in [1.29, 1.82) is 0 Å². The number of carbonyl (C=O) groups is 3. The number of rotatable bonds is 15. The first-order valence-corrected chi connectivity index (χ1v) is 10.2. The molecule has 0 aliphatic heterocycles. The molecule has 0 aromatic rings. The third-order valence-corrected chi connectivity index (χ3v) is 4.73. The van der Waals surface area contributed by atoms with Gasteiger partial charge in [-0.3, -0.25) is 24.2 Å². The predicted octanol–water partition coefficient (Wildman–Crippen LogP) is 2.63. The second kappa shape index (κ2) is 13.7. The van der Waals surface area contributed by atoms with Crippen LogP contribution < -0.4 is 0 Å². The summed E-state index contributed by atoms with van der Waals surface area (Å²) < 4.78 is 5.11. The van der Waals surface area contributed by atoms with Crippen molar-refractivity contribution in [2.75, 3.05) is 45.9 Å². The van der Waals surface area contributed by atoms with Crippen molar-refractivity contribution in [3.05, 3.63) is 0 Å². The SMILES string of the molecule is CC(C)C(=O)CN(CCOI)CCN(CC(=O)C(C)C)CC(=O)C(C)C. The maximum absolute atomic E-state index is 12.1. The van der Waals surface area contributed by atoms with E-state index in [1.165, 1.54) is 0 Å². The number of nitrogens with zero attached hydrogens (tertiary/aromatic N) is 2. The van der Waals surface area contributed by atoms with Gasteiger partial charge in [-0.1, -0.05) is 41.5 Å². The fourth-order valence-electron chi connectivity index (χ4n) is 2.14. The molecule has 0 unspecified atom stereocenters. The Bertz CT molecular complexity index is 431. The van der Waals surface area contributed by atoms with Crippen LogP contribution in [-0.2, 0) is 17.4 Å². The fraction of sp³-hybridized carbons (Fsp3) is 0.842. The van der Waals surface area contributed by atoms with Crippen LogP contribution in [0.5, 0.6) is 0 Å². The molecule has 0 spiro atoms. The molecule has 6 nitrogen and oxygen atoms in total. The zero-order chi connectivity index (χ0) is 20.3. The zero-order valence-electron chi connectivity index (χ0n) is 17.1. The zero-order valence-corrected chi connectivity index (χ0v) is 19.2. The Labute approximate surface area is 172 Å². The first-order valence-electron chi connectivity index (χ1n) is 9.34. The van der Waals surface area contributed by atoms with E-state index in [1.54, 1.807) is 0 Å². The van der Waals surface area contributed by atoms with E-state index in [0.717, 1.165) is 0 Å². The van der Waals surface area contributed by atoms with E-state index in [4.69, 9.17) is 3.07 Å². The van der Waals surface area contributed by atoms with Gasteiger partial charge in [0, 0.05) is 37.4 Å². The van der Waals surface area contributed by atoms with E-state index in [9.17, 15) is 14.4 Å². The second-order valence-corrected chi connectivity index (χ2v) is 8.29. The van der Waals surface area contributed by atoms with Crippen LogP contribution in [0.4, 0.5) is 0 Å². The molecule has 0 aliphatic rings. The molecule has 0 fully saturated rings. The lowest BCUT2D eigenvalue weighted by Gasteiger charge is -2.27. The van der Waals surface area contributed by atoms with Crippen molar-refractivity contribution in [3.63, 3.8) is 0 Å². The topological polar surface area (TPSA) is 66.9 Å². The van der Waals surface area contributed by atoms with E-state index in [2.05, 4.69) is 0 Å². The van der Waals surface area contributed by atoms with Gasteiger partial charge in [0.2, 0.25) is 0 Å². The smallest absolute Gasteiger partial charge is 0.149 e. The van der Waals surface area contributed by atoms with Crippen molar-refractivity contribution < 1.29 is 17.4 Å². The summed E-state index contributed by atoms with van der Waals surface area (Å²) in [6.45, 7) is 14.5. The Morgan fingerprint density at radius 3 is 1.38 bits per heavy atom. The summed E-state index contributed by atoms with van der Waals surface area (Å²) >= 11 is 1.84. The summed E-state index contributed by atoms with van der Waals surface area (Å²) in [4.78, 5) is 40.3. The maximum Gasteiger partial charge on any atom is 0.149 e. The number of hydrogen-bond donors (Lipinski definition) is 0.